The van der Waals surface area contributed by atoms with E-state index in [9.17, 15) is 4.79 Å². The fraction of sp³-hybridized carbons (Fsp3) is 0.185. The van der Waals surface area contributed by atoms with Crippen molar-refractivity contribution >= 4 is 16.7 Å². The van der Waals surface area contributed by atoms with Crippen molar-refractivity contribution in [1.82, 2.24) is 9.55 Å². The van der Waals surface area contributed by atoms with Gasteiger partial charge in [-0.1, -0.05) is 25.5 Å². The average Bonchev–Trinajstić information content (AvgIpc) is 3.20. The molecule has 5 heteroatoms. The molecular weight excluding hydrogens is 577 g/mol. The molecule has 0 spiro atoms. The number of fused-ring (bicyclic) bond motifs is 1. The molecule has 4 aromatic rings. The molecule has 2 aromatic heterocycles. The second-order valence-electron chi connectivity index (χ2n) is 7.77. The zero-order valence-corrected chi connectivity index (χ0v) is 21.3. The summed E-state index contributed by atoms with van der Waals surface area (Å²) >= 11 is 0. The summed E-state index contributed by atoms with van der Waals surface area (Å²) in [6.45, 7) is 9.16. The number of hydrogen-bond donors (Lipinski definition) is 1. The minimum Gasteiger partial charge on any atom is -0.512 e. The van der Waals surface area contributed by atoms with Crippen molar-refractivity contribution in [3.05, 3.63) is 95.5 Å². The Morgan fingerprint density at radius 1 is 1.03 bits per heavy atom. The Hall–Kier alpha value is -3.01. The van der Waals surface area contributed by atoms with E-state index < -0.39 is 0 Å². The van der Waals surface area contributed by atoms with Crippen LogP contribution in [0.3, 0.4) is 0 Å². The van der Waals surface area contributed by atoms with E-state index in [1.807, 2.05) is 12.1 Å². The van der Waals surface area contributed by atoms with Gasteiger partial charge in [-0.2, -0.15) is 0 Å². The molecule has 0 aliphatic carbocycles. The molecule has 1 radical (unpaired) electrons. The maximum Gasteiger partial charge on any atom is 0.155 e. The first kappa shape index (κ1) is 25.3. The third kappa shape index (κ3) is 6.49. The van der Waals surface area contributed by atoms with Crippen LogP contribution < -0.4 is 0 Å². The zero-order valence-electron chi connectivity index (χ0n) is 18.9. The smallest absolute Gasteiger partial charge is 0.155 e. The number of rotatable bonds is 3. The fourth-order valence-electron chi connectivity index (χ4n) is 3.53. The van der Waals surface area contributed by atoms with Gasteiger partial charge in [0.2, 0.25) is 0 Å². The number of nitrogens with zero attached hydrogens (tertiary/aromatic N) is 2. The Morgan fingerprint density at radius 3 is 2.28 bits per heavy atom. The van der Waals surface area contributed by atoms with Gasteiger partial charge in [-0.25, -0.2) is 0 Å². The van der Waals surface area contributed by atoms with Crippen molar-refractivity contribution in [3.63, 3.8) is 0 Å². The molecule has 0 fully saturated rings. The van der Waals surface area contributed by atoms with Crippen molar-refractivity contribution in [3.8, 4) is 16.9 Å². The van der Waals surface area contributed by atoms with Gasteiger partial charge in [-0.05, 0) is 56.8 Å². The van der Waals surface area contributed by atoms with Crippen LogP contribution in [0.4, 0.5) is 0 Å². The summed E-state index contributed by atoms with van der Waals surface area (Å²) in [6, 6.07) is 20.4. The quantitative estimate of drug-likeness (QED) is 0.166. The third-order valence-electron chi connectivity index (χ3n) is 4.71. The Kier molecular flexibility index (Phi) is 8.71. The van der Waals surface area contributed by atoms with Crippen LogP contribution in [0.2, 0.25) is 0 Å². The predicted octanol–water partition coefficient (Wildman–Crippen LogP) is 6.45. The van der Waals surface area contributed by atoms with E-state index in [0.29, 0.717) is 0 Å². The summed E-state index contributed by atoms with van der Waals surface area (Å²) in [7, 11) is 0. The number of aromatic nitrogens is 2. The Balaban J connectivity index is 0.000000398. The topological polar surface area (TPSA) is 55.1 Å². The minimum absolute atomic E-state index is 0. The molecule has 167 valence electrons. The van der Waals surface area contributed by atoms with Crippen LogP contribution in [0.15, 0.2) is 72.8 Å². The van der Waals surface area contributed by atoms with Gasteiger partial charge < -0.3 is 9.67 Å². The first-order chi connectivity index (χ1) is 14.7. The van der Waals surface area contributed by atoms with E-state index in [1.165, 1.54) is 31.1 Å². The van der Waals surface area contributed by atoms with Crippen molar-refractivity contribution < 1.29 is 30.0 Å². The maximum atomic E-state index is 10.0. The number of aliphatic hydroxyl groups excluding tert-OH is 1. The number of aryl methyl sites for hydroxylation is 3. The molecule has 2 aromatic carbocycles. The molecule has 0 aliphatic heterocycles. The monoisotopic (exact) mass is 604 g/mol. The van der Waals surface area contributed by atoms with Crippen LogP contribution in [-0.4, -0.2) is 20.4 Å². The number of ketones is 1. The summed E-state index contributed by atoms with van der Waals surface area (Å²) in [6.07, 6.45) is 5.28. The van der Waals surface area contributed by atoms with E-state index in [0.717, 1.165) is 33.4 Å². The molecule has 0 aliphatic rings. The van der Waals surface area contributed by atoms with E-state index in [2.05, 4.69) is 80.2 Å². The summed E-state index contributed by atoms with van der Waals surface area (Å²) in [5.74, 6) is -0.0625. The molecular formula is C27H27IrN2O2-. The maximum absolute atomic E-state index is 10.0. The fourth-order valence-corrected chi connectivity index (χ4v) is 3.53. The summed E-state index contributed by atoms with van der Waals surface area (Å²) in [5.41, 5.74) is 7.82. The second-order valence-corrected chi connectivity index (χ2v) is 7.77. The van der Waals surface area contributed by atoms with Crippen molar-refractivity contribution in [2.75, 3.05) is 0 Å². The third-order valence-corrected chi connectivity index (χ3v) is 4.71. The molecule has 0 atom stereocenters. The van der Waals surface area contributed by atoms with Crippen LogP contribution in [0.5, 0.6) is 0 Å². The van der Waals surface area contributed by atoms with Gasteiger partial charge in [0.25, 0.3) is 0 Å². The van der Waals surface area contributed by atoms with Crippen LogP contribution in [0.1, 0.15) is 30.5 Å². The number of carbonyl (C=O) groups excluding carboxylic acids is 1. The molecule has 0 unspecified atom stereocenters. The number of carbonyl (C=O) groups is 1. The predicted molar refractivity (Wildman–Crippen MR) is 127 cm³/mol. The SMILES string of the molecule is CC(=O)/C=C(/C)O.Cc1[c-]c(-c2nc3ccc(-n4cccc4)cc3cc2C)cc(C)c1.[Ir]. The van der Waals surface area contributed by atoms with Gasteiger partial charge >= 0.3 is 0 Å². The number of aliphatic hydroxyl groups is 1. The Morgan fingerprint density at radius 2 is 1.72 bits per heavy atom. The average molecular weight is 604 g/mol. The number of hydrogen-bond acceptors (Lipinski definition) is 3. The van der Waals surface area contributed by atoms with Gasteiger partial charge in [-0.3, -0.25) is 9.78 Å². The molecule has 0 amide bonds. The standard InChI is InChI=1S/C22H19N2.C5H8O2.Ir/c1-15-10-16(2)12-19(11-15)22-17(3)13-18-14-20(6-7-21(18)23-22)24-8-4-5-9-24;1-4(6)3-5(2)7;/h4-11,13-14H,1-3H3;3,6H,1-2H3;/q-1;;/b;4-3-;. The van der Waals surface area contributed by atoms with Gasteiger partial charge in [-0.15, -0.1) is 34.9 Å². The molecule has 2 heterocycles. The summed E-state index contributed by atoms with van der Waals surface area (Å²) < 4.78 is 2.11. The molecule has 4 rings (SSSR count). The van der Waals surface area contributed by atoms with Crippen LogP contribution in [-0.2, 0) is 24.9 Å². The first-order valence-corrected chi connectivity index (χ1v) is 10.2. The molecule has 0 saturated carbocycles. The zero-order chi connectivity index (χ0) is 22.5. The summed E-state index contributed by atoms with van der Waals surface area (Å²) in [4.78, 5) is 14.9. The van der Waals surface area contributed by atoms with Gasteiger partial charge in [0.1, 0.15) is 0 Å². The van der Waals surface area contributed by atoms with Gasteiger partial charge in [0.15, 0.2) is 5.78 Å². The minimum atomic E-state index is -0.125. The van der Waals surface area contributed by atoms with E-state index in [-0.39, 0.29) is 31.6 Å². The largest absolute Gasteiger partial charge is 0.512 e. The number of allylic oxidation sites excluding steroid dienone is 2. The van der Waals surface area contributed by atoms with Crippen LogP contribution in [0.25, 0.3) is 27.8 Å². The normalized spacial score (nSPS) is 10.8. The van der Waals surface area contributed by atoms with Crippen LogP contribution in [0, 0.1) is 26.8 Å². The Bertz CT molecular complexity index is 1230. The second kappa shape index (κ2) is 11.0. The molecule has 32 heavy (non-hydrogen) atoms. The van der Waals surface area contributed by atoms with E-state index >= 15 is 0 Å². The first-order valence-electron chi connectivity index (χ1n) is 10.2. The van der Waals surface area contributed by atoms with Crippen molar-refractivity contribution in [1.29, 1.82) is 0 Å². The molecule has 0 bridgehead atoms. The van der Waals surface area contributed by atoms with Crippen LogP contribution >= 0.6 is 0 Å². The number of benzene rings is 2. The summed E-state index contributed by atoms with van der Waals surface area (Å²) in [5, 5.41) is 9.52. The molecule has 1 N–H and O–H groups in total. The Labute approximate surface area is 203 Å². The van der Waals surface area contributed by atoms with Crippen molar-refractivity contribution in [2.24, 2.45) is 0 Å². The van der Waals surface area contributed by atoms with Gasteiger partial charge in [0.05, 0.1) is 11.3 Å². The number of pyridine rings is 1. The van der Waals surface area contributed by atoms with E-state index in [4.69, 9.17) is 10.1 Å². The van der Waals surface area contributed by atoms with E-state index in [1.54, 1.807) is 0 Å². The van der Waals surface area contributed by atoms with Gasteiger partial charge in [0, 0.05) is 49.6 Å². The van der Waals surface area contributed by atoms with Crippen molar-refractivity contribution in [2.45, 2.75) is 34.6 Å². The molecule has 0 saturated heterocycles. The molecule has 4 nitrogen and oxygen atoms in total.